The van der Waals surface area contributed by atoms with Gasteiger partial charge in [-0.05, 0) is 12.8 Å². The Morgan fingerprint density at radius 1 is 1.45 bits per heavy atom. The standard InChI is InChI=1S/C13H25N3O4/c1-16(8-10(17)9-20-2)12(18)13(11(14)15-19)6-4-3-5-7-13/h10,17,19H,3-9H2,1-2H3,(H2,14,15). The van der Waals surface area contributed by atoms with Crippen molar-refractivity contribution in [2.45, 2.75) is 38.2 Å². The highest BCUT2D eigenvalue weighted by Gasteiger charge is 2.45. The fourth-order valence-electron chi connectivity index (χ4n) is 2.84. The van der Waals surface area contributed by atoms with Crippen molar-refractivity contribution < 1.29 is 19.8 Å². The molecule has 116 valence electrons. The Labute approximate surface area is 119 Å². The number of amidine groups is 1. The van der Waals surface area contributed by atoms with E-state index in [9.17, 15) is 9.90 Å². The molecule has 1 aliphatic rings. The van der Waals surface area contributed by atoms with E-state index >= 15 is 0 Å². The Kier molecular flexibility index (Phi) is 6.22. The summed E-state index contributed by atoms with van der Waals surface area (Å²) in [5.74, 6) is -0.238. The molecule has 0 spiro atoms. The number of nitrogens with two attached hydrogens (primary N) is 1. The van der Waals surface area contributed by atoms with Crippen LogP contribution in [0.25, 0.3) is 0 Å². The van der Waals surface area contributed by atoms with Crippen molar-refractivity contribution in [3.63, 3.8) is 0 Å². The van der Waals surface area contributed by atoms with E-state index in [0.29, 0.717) is 12.8 Å². The Morgan fingerprint density at radius 2 is 2.05 bits per heavy atom. The van der Waals surface area contributed by atoms with Crippen LogP contribution in [0, 0.1) is 5.41 Å². The lowest BCUT2D eigenvalue weighted by Crippen LogP contribution is -2.52. The number of likely N-dealkylation sites (N-methyl/N-ethyl adjacent to an activating group) is 1. The Morgan fingerprint density at radius 3 is 2.55 bits per heavy atom. The van der Waals surface area contributed by atoms with E-state index in [2.05, 4.69) is 5.16 Å². The van der Waals surface area contributed by atoms with Crippen molar-refractivity contribution in [3.8, 4) is 0 Å². The fraction of sp³-hybridized carbons (Fsp3) is 0.846. The minimum absolute atomic E-state index is 0.0321. The van der Waals surface area contributed by atoms with Crippen LogP contribution in [0.4, 0.5) is 0 Å². The van der Waals surface area contributed by atoms with E-state index < -0.39 is 11.5 Å². The van der Waals surface area contributed by atoms with Gasteiger partial charge in [-0.25, -0.2) is 0 Å². The minimum Gasteiger partial charge on any atom is -0.409 e. The summed E-state index contributed by atoms with van der Waals surface area (Å²) in [5, 5.41) is 21.8. The predicted octanol–water partition coefficient (Wildman–Crippen LogP) is 0.149. The summed E-state index contributed by atoms with van der Waals surface area (Å²) in [6.07, 6.45) is 3.19. The van der Waals surface area contributed by atoms with Crippen LogP contribution >= 0.6 is 0 Å². The van der Waals surface area contributed by atoms with Gasteiger partial charge in [0.2, 0.25) is 5.91 Å². The van der Waals surface area contributed by atoms with E-state index in [1.54, 1.807) is 7.05 Å². The number of oxime groups is 1. The molecular weight excluding hydrogens is 262 g/mol. The second-order valence-electron chi connectivity index (χ2n) is 5.42. The number of carbonyl (C=O) groups excluding carboxylic acids is 1. The molecule has 0 saturated heterocycles. The van der Waals surface area contributed by atoms with Crippen molar-refractivity contribution in [2.75, 3.05) is 27.3 Å². The average molecular weight is 287 g/mol. The molecule has 1 rings (SSSR count). The number of nitrogens with zero attached hydrogens (tertiary/aromatic N) is 2. The molecule has 0 bridgehead atoms. The van der Waals surface area contributed by atoms with Gasteiger partial charge < -0.3 is 25.7 Å². The summed E-state index contributed by atoms with van der Waals surface area (Å²) in [4.78, 5) is 14.1. The second-order valence-corrected chi connectivity index (χ2v) is 5.42. The molecule has 0 heterocycles. The SMILES string of the molecule is COCC(O)CN(C)C(=O)C1(C(N)=NO)CCCCC1. The molecule has 7 heteroatoms. The third-order valence-corrected chi connectivity index (χ3v) is 3.90. The van der Waals surface area contributed by atoms with Crippen molar-refractivity contribution in [1.29, 1.82) is 0 Å². The average Bonchev–Trinajstić information content (AvgIpc) is 2.46. The Balaban J connectivity index is 2.83. The summed E-state index contributed by atoms with van der Waals surface area (Å²) < 4.78 is 4.85. The zero-order valence-corrected chi connectivity index (χ0v) is 12.2. The van der Waals surface area contributed by atoms with E-state index in [1.807, 2.05) is 0 Å². The number of methoxy groups -OCH3 is 1. The molecule has 0 radical (unpaired) electrons. The van der Waals surface area contributed by atoms with Gasteiger partial charge in [-0.2, -0.15) is 0 Å². The molecular formula is C13H25N3O4. The first-order valence-corrected chi connectivity index (χ1v) is 6.88. The fourth-order valence-corrected chi connectivity index (χ4v) is 2.84. The largest absolute Gasteiger partial charge is 0.409 e. The summed E-state index contributed by atoms with van der Waals surface area (Å²) in [5.41, 5.74) is 4.84. The first-order chi connectivity index (χ1) is 9.47. The molecule has 0 aromatic carbocycles. The number of hydrogen-bond acceptors (Lipinski definition) is 5. The zero-order valence-electron chi connectivity index (χ0n) is 12.2. The molecule has 1 unspecified atom stereocenters. The third kappa shape index (κ3) is 3.61. The van der Waals surface area contributed by atoms with Gasteiger partial charge in [-0.1, -0.05) is 24.4 Å². The number of aliphatic hydroxyl groups is 1. The minimum atomic E-state index is -0.936. The maximum absolute atomic E-state index is 12.7. The highest BCUT2D eigenvalue weighted by Crippen LogP contribution is 2.38. The summed E-state index contributed by atoms with van der Waals surface area (Å²) in [6.45, 7) is 0.321. The Bertz CT molecular complexity index is 354. The van der Waals surface area contributed by atoms with Gasteiger partial charge in [-0.3, -0.25) is 4.79 Å². The number of rotatable bonds is 6. The molecule has 20 heavy (non-hydrogen) atoms. The van der Waals surface area contributed by atoms with Gasteiger partial charge in [0, 0.05) is 20.7 Å². The lowest BCUT2D eigenvalue weighted by atomic mass is 9.72. The maximum atomic E-state index is 12.7. The number of aliphatic hydroxyl groups excluding tert-OH is 1. The van der Waals surface area contributed by atoms with Gasteiger partial charge in [0.25, 0.3) is 0 Å². The summed E-state index contributed by atoms with van der Waals surface area (Å²) in [6, 6.07) is 0. The molecule has 1 aliphatic carbocycles. The molecule has 0 aromatic heterocycles. The quantitative estimate of drug-likeness (QED) is 0.279. The van der Waals surface area contributed by atoms with E-state index in [1.165, 1.54) is 12.0 Å². The van der Waals surface area contributed by atoms with Crippen molar-refractivity contribution in [1.82, 2.24) is 4.90 Å². The smallest absolute Gasteiger partial charge is 0.236 e. The van der Waals surface area contributed by atoms with Crippen LogP contribution in [0.3, 0.4) is 0 Å². The lowest BCUT2D eigenvalue weighted by molar-refractivity contribution is -0.140. The number of carbonyl (C=O) groups is 1. The second kappa shape index (κ2) is 7.44. The predicted molar refractivity (Wildman–Crippen MR) is 74.4 cm³/mol. The zero-order chi connectivity index (χ0) is 15.2. The highest BCUT2D eigenvalue weighted by molar-refractivity contribution is 6.06. The monoisotopic (exact) mass is 287 g/mol. The van der Waals surface area contributed by atoms with Gasteiger partial charge in [-0.15, -0.1) is 0 Å². The molecule has 7 nitrogen and oxygen atoms in total. The normalized spacial score (nSPS) is 20.4. The van der Waals surface area contributed by atoms with Gasteiger partial charge in [0.15, 0.2) is 5.84 Å². The topological polar surface area (TPSA) is 108 Å². The van der Waals surface area contributed by atoms with Gasteiger partial charge in [0.05, 0.1) is 12.7 Å². The molecule has 1 saturated carbocycles. The maximum Gasteiger partial charge on any atom is 0.236 e. The van der Waals surface area contributed by atoms with Crippen molar-refractivity contribution in [2.24, 2.45) is 16.3 Å². The highest BCUT2D eigenvalue weighted by atomic mass is 16.5. The van der Waals surface area contributed by atoms with Crippen LogP contribution in [-0.4, -0.2) is 60.4 Å². The number of hydrogen-bond donors (Lipinski definition) is 3. The molecule has 0 aromatic rings. The molecule has 1 atom stereocenters. The molecule has 1 amide bonds. The van der Waals surface area contributed by atoms with Crippen LogP contribution in [0.2, 0.25) is 0 Å². The van der Waals surface area contributed by atoms with E-state index in [0.717, 1.165) is 19.3 Å². The third-order valence-electron chi connectivity index (χ3n) is 3.90. The van der Waals surface area contributed by atoms with Crippen LogP contribution in [0.15, 0.2) is 5.16 Å². The van der Waals surface area contributed by atoms with E-state index in [-0.39, 0.29) is 24.9 Å². The Hall–Kier alpha value is -1.34. The van der Waals surface area contributed by atoms with Crippen molar-refractivity contribution in [3.05, 3.63) is 0 Å². The van der Waals surface area contributed by atoms with Crippen LogP contribution in [-0.2, 0) is 9.53 Å². The number of amides is 1. The van der Waals surface area contributed by atoms with Crippen molar-refractivity contribution >= 4 is 11.7 Å². The van der Waals surface area contributed by atoms with Crippen LogP contribution in [0.1, 0.15) is 32.1 Å². The van der Waals surface area contributed by atoms with E-state index in [4.69, 9.17) is 15.7 Å². The first-order valence-electron chi connectivity index (χ1n) is 6.88. The number of ether oxygens (including phenoxy) is 1. The summed E-state index contributed by atoms with van der Waals surface area (Å²) in [7, 11) is 3.10. The molecule has 4 N–H and O–H groups in total. The molecule has 0 aliphatic heterocycles. The first kappa shape index (κ1) is 16.7. The summed E-state index contributed by atoms with van der Waals surface area (Å²) >= 11 is 0. The molecule has 1 fully saturated rings. The van der Waals surface area contributed by atoms with Gasteiger partial charge >= 0.3 is 0 Å². The van der Waals surface area contributed by atoms with Crippen LogP contribution in [0.5, 0.6) is 0 Å². The lowest BCUT2D eigenvalue weighted by Gasteiger charge is -2.37. The van der Waals surface area contributed by atoms with Gasteiger partial charge in [0.1, 0.15) is 5.41 Å². The van der Waals surface area contributed by atoms with Crippen LogP contribution < -0.4 is 5.73 Å².